The molecule has 0 aromatic rings. The smallest absolute Gasteiger partial charge is 0.0540 e. The van der Waals surface area contributed by atoms with Gasteiger partial charge in [0.25, 0.3) is 0 Å². The number of hydrogen-bond acceptors (Lipinski definition) is 4. The third-order valence-corrected chi connectivity index (χ3v) is 17.8. The van der Waals surface area contributed by atoms with E-state index in [1.807, 2.05) is 0 Å². The van der Waals surface area contributed by atoms with Crippen molar-refractivity contribution >= 4 is 0 Å². The molecule has 0 aromatic heterocycles. The highest BCUT2D eigenvalue weighted by molar-refractivity contribution is 4.99. The minimum Gasteiger partial charge on any atom is -0.393 e. The minimum absolute atomic E-state index is 0.0520. The van der Waals surface area contributed by atoms with Crippen LogP contribution in [0.1, 0.15) is 196 Å². The van der Waals surface area contributed by atoms with Gasteiger partial charge in [-0.3, -0.25) is 4.90 Å². The molecule has 6 aliphatic rings. The Morgan fingerprint density at radius 1 is 0.286 bits per heavy atom. The second kappa shape index (κ2) is 16.1. The Hall–Kier alpha value is -0.160. The molecule has 6 fully saturated rings. The molecule has 6 saturated carbocycles. The van der Waals surface area contributed by atoms with Gasteiger partial charge in [-0.05, 0) is 206 Å². The van der Waals surface area contributed by atoms with Crippen molar-refractivity contribution in [3.63, 3.8) is 0 Å². The van der Waals surface area contributed by atoms with Gasteiger partial charge in [-0.1, -0.05) is 41.5 Å². The lowest BCUT2D eigenvalue weighted by Gasteiger charge is -2.54. The molecular weight excluding hydrogens is 602 g/mol. The molecule has 0 amide bonds. The lowest BCUT2D eigenvalue weighted by molar-refractivity contribution is -0.0445. The van der Waals surface area contributed by atoms with E-state index in [-0.39, 0.29) is 18.3 Å². The fourth-order valence-corrected chi connectivity index (χ4v) is 13.7. The quantitative estimate of drug-likeness (QED) is 0.226. The first-order valence-corrected chi connectivity index (χ1v) is 22.1. The van der Waals surface area contributed by atoms with Gasteiger partial charge >= 0.3 is 0 Å². The lowest BCUT2D eigenvalue weighted by atomic mass is 9.59. The summed E-state index contributed by atoms with van der Waals surface area (Å²) in [7, 11) is 0. The lowest BCUT2D eigenvalue weighted by Crippen LogP contribution is -2.54. The van der Waals surface area contributed by atoms with Gasteiger partial charge < -0.3 is 15.3 Å². The zero-order chi connectivity index (χ0) is 35.0. The molecule has 0 aliphatic heterocycles. The summed E-state index contributed by atoms with van der Waals surface area (Å²) in [5, 5.41) is 30.6. The molecular formula is C45H81NO3. The topological polar surface area (TPSA) is 63.9 Å². The predicted octanol–water partition coefficient (Wildman–Crippen LogP) is 10.7. The van der Waals surface area contributed by atoms with Gasteiger partial charge in [-0.2, -0.15) is 0 Å². The zero-order valence-electron chi connectivity index (χ0n) is 33.2. The molecule has 0 saturated heterocycles. The molecule has 0 heterocycles. The molecule has 4 nitrogen and oxygen atoms in total. The van der Waals surface area contributed by atoms with Crippen LogP contribution in [0.25, 0.3) is 0 Å². The molecule has 0 aromatic carbocycles. The molecule has 284 valence electrons. The minimum atomic E-state index is -0.0520. The highest BCUT2D eigenvalue weighted by Crippen LogP contribution is 2.53. The summed E-state index contributed by atoms with van der Waals surface area (Å²) < 4.78 is 0. The van der Waals surface area contributed by atoms with E-state index in [1.54, 1.807) is 0 Å². The van der Waals surface area contributed by atoms with Crippen molar-refractivity contribution in [1.29, 1.82) is 0 Å². The Labute approximate surface area is 303 Å². The van der Waals surface area contributed by atoms with Crippen LogP contribution in [0.2, 0.25) is 0 Å². The van der Waals surface area contributed by atoms with E-state index >= 15 is 0 Å². The number of hydrogen-bond donors (Lipinski definition) is 3. The summed E-state index contributed by atoms with van der Waals surface area (Å²) in [6.45, 7) is 15.5. The Bertz CT molecular complexity index is 862. The average Bonchev–Trinajstić information content (AvgIpc) is 3.10. The van der Waals surface area contributed by atoms with E-state index < -0.39 is 0 Å². The van der Waals surface area contributed by atoms with E-state index in [0.29, 0.717) is 16.2 Å². The normalized spacial score (nSPS) is 42.2. The maximum Gasteiger partial charge on any atom is 0.0540 e. The first kappa shape index (κ1) is 38.6. The van der Waals surface area contributed by atoms with Crippen molar-refractivity contribution in [2.75, 3.05) is 0 Å². The molecule has 0 atom stereocenters. The predicted molar refractivity (Wildman–Crippen MR) is 204 cm³/mol. The maximum atomic E-state index is 10.2. The molecule has 6 aliphatic carbocycles. The summed E-state index contributed by atoms with van der Waals surface area (Å²) in [6.07, 6.45) is 30.1. The van der Waals surface area contributed by atoms with Gasteiger partial charge in [0, 0.05) is 18.1 Å². The Morgan fingerprint density at radius 3 is 0.633 bits per heavy atom. The van der Waals surface area contributed by atoms with Crippen LogP contribution in [0.15, 0.2) is 0 Å². The van der Waals surface area contributed by atoms with E-state index in [1.165, 1.54) is 116 Å². The largest absolute Gasteiger partial charge is 0.393 e. The molecule has 4 heteroatoms. The monoisotopic (exact) mass is 684 g/mol. The zero-order valence-corrected chi connectivity index (χ0v) is 33.2. The van der Waals surface area contributed by atoms with Crippen LogP contribution in [0.3, 0.4) is 0 Å². The van der Waals surface area contributed by atoms with Crippen LogP contribution in [0.5, 0.6) is 0 Å². The summed E-state index contributed by atoms with van der Waals surface area (Å²) in [5.41, 5.74) is 1.19. The van der Waals surface area contributed by atoms with Gasteiger partial charge in [-0.25, -0.2) is 0 Å². The van der Waals surface area contributed by atoms with E-state index in [0.717, 1.165) is 92.2 Å². The summed E-state index contributed by atoms with van der Waals surface area (Å²) in [6, 6.07) is 2.30. The fraction of sp³-hybridized carbons (Fsp3) is 1.00. The van der Waals surface area contributed by atoms with E-state index in [4.69, 9.17) is 0 Å². The van der Waals surface area contributed by atoms with Crippen LogP contribution in [-0.2, 0) is 0 Å². The molecule has 0 radical (unpaired) electrons. The van der Waals surface area contributed by atoms with E-state index in [9.17, 15) is 15.3 Å². The Balaban J connectivity index is 1.11. The third-order valence-electron chi connectivity index (χ3n) is 17.8. The van der Waals surface area contributed by atoms with Crippen molar-refractivity contribution in [2.45, 2.75) is 232 Å². The van der Waals surface area contributed by atoms with Gasteiger partial charge in [0.2, 0.25) is 0 Å². The van der Waals surface area contributed by atoms with Crippen LogP contribution < -0.4 is 0 Å². The van der Waals surface area contributed by atoms with E-state index in [2.05, 4.69) is 46.4 Å². The average molecular weight is 684 g/mol. The van der Waals surface area contributed by atoms with Gasteiger partial charge in [0.05, 0.1) is 18.3 Å². The highest BCUT2D eigenvalue weighted by atomic mass is 16.3. The maximum absolute atomic E-state index is 10.2. The molecule has 6 rings (SSSR count). The highest BCUT2D eigenvalue weighted by Gasteiger charge is 2.47. The number of nitrogens with zero attached hydrogens (tertiary/aromatic N) is 1. The van der Waals surface area contributed by atoms with Crippen LogP contribution in [0, 0.1) is 51.8 Å². The van der Waals surface area contributed by atoms with Crippen molar-refractivity contribution in [1.82, 2.24) is 4.90 Å². The van der Waals surface area contributed by atoms with Crippen molar-refractivity contribution in [2.24, 2.45) is 51.8 Å². The second-order valence-electron chi connectivity index (χ2n) is 20.9. The van der Waals surface area contributed by atoms with Gasteiger partial charge in [0.1, 0.15) is 0 Å². The van der Waals surface area contributed by atoms with Gasteiger partial charge in [-0.15, -0.1) is 0 Å². The van der Waals surface area contributed by atoms with Gasteiger partial charge in [0.15, 0.2) is 0 Å². The Morgan fingerprint density at radius 2 is 0.449 bits per heavy atom. The first-order valence-electron chi connectivity index (χ1n) is 22.1. The van der Waals surface area contributed by atoms with Crippen LogP contribution in [0.4, 0.5) is 0 Å². The molecule has 0 unspecified atom stereocenters. The number of aliphatic hydroxyl groups excluding tert-OH is 3. The summed E-state index contributed by atoms with van der Waals surface area (Å²) in [5.74, 6) is 4.85. The molecule has 49 heavy (non-hydrogen) atoms. The molecule has 0 spiro atoms. The molecule has 0 bridgehead atoms. The number of aliphatic hydroxyl groups is 3. The summed E-state index contributed by atoms with van der Waals surface area (Å²) >= 11 is 0. The van der Waals surface area contributed by atoms with Crippen molar-refractivity contribution < 1.29 is 15.3 Å². The van der Waals surface area contributed by atoms with Crippen molar-refractivity contribution in [3.8, 4) is 0 Å². The first-order chi connectivity index (χ1) is 23.3. The van der Waals surface area contributed by atoms with Crippen LogP contribution >= 0.6 is 0 Å². The van der Waals surface area contributed by atoms with Crippen molar-refractivity contribution in [3.05, 3.63) is 0 Å². The number of rotatable bonds is 9. The van der Waals surface area contributed by atoms with Crippen LogP contribution in [-0.4, -0.2) is 56.7 Å². The SMILES string of the molecule is CC(C)(C1CCC(O)CC1)C1CCC(N(C2CCC(C(C)(C)C3CCC(O)CC3)CC2)C2CCC(C(C)(C)C3CCC(O)CC3)CC2)CC1. The second-order valence-corrected chi connectivity index (χ2v) is 20.9. The standard InChI is InChI=1S/C45H81NO3/c1-43(2,34-13-25-40(47)26-14-34)31-7-19-37(20-8-31)46(38-21-9-32(10-22-38)44(3,4)35-15-27-41(48)28-16-35)39-23-11-33(12-24-39)45(5,6)36-17-29-42(49)30-18-36/h31-42,47-49H,7-30H2,1-6H3. The third kappa shape index (κ3) is 8.64. The Kier molecular flexibility index (Phi) is 12.6. The summed E-state index contributed by atoms with van der Waals surface area (Å²) in [4.78, 5) is 3.21. The molecule has 3 N–H and O–H groups in total. The fourth-order valence-electron chi connectivity index (χ4n) is 13.7.